The Kier molecular flexibility index (Phi) is 4.45. The predicted octanol–water partition coefficient (Wildman–Crippen LogP) is 5.68. The van der Waals surface area contributed by atoms with Crippen LogP contribution >= 0.6 is 0 Å². The molecule has 0 aliphatic heterocycles. The molecule has 3 aromatic rings. The van der Waals surface area contributed by atoms with Gasteiger partial charge in [0.2, 0.25) is 0 Å². The first-order chi connectivity index (χ1) is 16.7. The normalized spacial score (nSPS) is 34.4. The highest BCUT2D eigenvalue weighted by atomic mass is 16.6. The molecule has 0 N–H and O–H groups in total. The minimum absolute atomic E-state index is 0.209. The molecule has 8 atom stereocenters. The lowest BCUT2D eigenvalue weighted by molar-refractivity contribution is -0.148. The molecule has 0 aromatic heterocycles. The molecule has 0 heterocycles. The molecule has 4 heteroatoms. The van der Waals surface area contributed by atoms with Crippen LogP contribution in [0, 0.1) is 41.4 Å². The first-order valence-electron chi connectivity index (χ1n) is 12.3. The van der Waals surface area contributed by atoms with Gasteiger partial charge >= 0.3 is 11.9 Å². The second-order valence-corrected chi connectivity index (χ2v) is 10.4. The number of allylic oxidation sites excluding steroid dienone is 2. The fourth-order valence-corrected chi connectivity index (χ4v) is 7.63. The summed E-state index contributed by atoms with van der Waals surface area (Å²) < 4.78 is 12.0. The summed E-state index contributed by atoms with van der Waals surface area (Å²) in [7, 11) is 0. The van der Waals surface area contributed by atoms with Crippen LogP contribution in [0.15, 0.2) is 84.9 Å². The molecule has 4 nitrogen and oxygen atoms in total. The maximum atomic E-state index is 13.5. The standard InChI is InChI=1S/C30H26O4/c31-29(21-13-10-17-6-4-5-7-18(17)14-21)34-28-24-16-23(25-19-11-12-20(15-19)26(24)25)27(28)30(32)33-22-8-2-1-3-9-22/h1-14,19-20,23-28H,15-16H2. The Bertz CT molecular complexity index is 1310. The van der Waals surface area contributed by atoms with E-state index in [1.807, 2.05) is 60.7 Å². The van der Waals surface area contributed by atoms with Gasteiger partial charge in [-0.25, -0.2) is 4.79 Å². The fourth-order valence-electron chi connectivity index (χ4n) is 7.63. The van der Waals surface area contributed by atoms with Crippen LogP contribution in [0.2, 0.25) is 0 Å². The number of rotatable bonds is 4. The number of fused-ring (bicyclic) bond motifs is 10. The van der Waals surface area contributed by atoms with Crippen LogP contribution in [0.4, 0.5) is 0 Å². The van der Waals surface area contributed by atoms with Crippen molar-refractivity contribution in [2.75, 3.05) is 0 Å². The van der Waals surface area contributed by atoms with Crippen molar-refractivity contribution >= 4 is 22.7 Å². The molecule has 7 rings (SSSR count). The molecule has 170 valence electrons. The Balaban J connectivity index is 1.20. The molecule has 4 aliphatic rings. The summed E-state index contributed by atoms with van der Waals surface area (Å²) in [6.07, 6.45) is 6.38. The summed E-state index contributed by atoms with van der Waals surface area (Å²) in [6.45, 7) is 0. The molecule has 34 heavy (non-hydrogen) atoms. The van der Waals surface area contributed by atoms with Crippen LogP contribution in [0.5, 0.6) is 5.75 Å². The minimum atomic E-state index is -0.436. The van der Waals surface area contributed by atoms with Gasteiger partial charge in [-0.15, -0.1) is 0 Å². The SMILES string of the molecule is O=C(OC1C2CC(C1C(=O)Oc1ccccc1)C1C3C=CC(C3)C21)c1ccc2ccccc2c1. The zero-order valence-electron chi connectivity index (χ0n) is 18.7. The highest BCUT2D eigenvalue weighted by Crippen LogP contribution is 2.67. The van der Waals surface area contributed by atoms with Gasteiger partial charge in [0, 0.05) is 5.92 Å². The van der Waals surface area contributed by atoms with Gasteiger partial charge in [-0.05, 0) is 77.5 Å². The molecule has 0 amide bonds. The van der Waals surface area contributed by atoms with E-state index in [1.54, 1.807) is 12.1 Å². The molecule has 4 bridgehead atoms. The second-order valence-electron chi connectivity index (χ2n) is 10.4. The summed E-state index contributed by atoms with van der Waals surface area (Å²) in [5, 5.41) is 2.09. The summed E-state index contributed by atoms with van der Waals surface area (Å²) in [5.74, 6) is 2.05. The molecule has 3 fully saturated rings. The summed E-state index contributed by atoms with van der Waals surface area (Å²) in [6, 6.07) is 22.8. The molecule has 0 radical (unpaired) electrons. The van der Waals surface area contributed by atoms with E-state index in [4.69, 9.17) is 9.47 Å². The number of ether oxygens (including phenoxy) is 2. The highest BCUT2D eigenvalue weighted by Gasteiger charge is 2.67. The number of carbonyl (C=O) groups is 2. The van der Waals surface area contributed by atoms with Crippen molar-refractivity contribution in [2.45, 2.75) is 18.9 Å². The highest BCUT2D eigenvalue weighted by molar-refractivity contribution is 5.95. The van der Waals surface area contributed by atoms with Gasteiger partial charge in [-0.3, -0.25) is 4.79 Å². The maximum Gasteiger partial charge on any atom is 0.338 e. The molecular formula is C30H26O4. The number of hydrogen-bond donors (Lipinski definition) is 0. The topological polar surface area (TPSA) is 52.6 Å². The minimum Gasteiger partial charge on any atom is -0.458 e. The van der Waals surface area contributed by atoms with E-state index < -0.39 is 12.0 Å². The Morgan fingerprint density at radius 3 is 2.24 bits per heavy atom. The third kappa shape index (κ3) is 2.97. The monoisotopic (exact) mass is 450 g/mol. The number of hydrogen-bond acceptors (Lipinski definition) is 4. The van der Waals surface area contributed by atoms with Crippen molar-refractivity contribution in [1.82, 2.24) is 0 Å². The van der Waals surface area contributed by atoms with E-state index in [2.05, 4.69) is 12.2 Å². The third-order valence-electron chi connectivity index (χ3n) is 8.82. The van der Waals surface area contributed by atoms with Crippen molar-refractivity contribution in [3.05, 3.63) is 90.5 Å². The molecular weight excluding hydrogens is 424 g/mol. The van der Waals surface area contributed by atoms with E-state index in [1.165, 1.54) is 6.42 Å². The summed E-state index contributed by atoms with van der Waals surface area (Å²) in [4.78, 5) is 26.8. The van der Waals surface area contributed by atoms with E-state index >= 15 is 0 Å². The molecule has 3 saturated carbocycles. The van der Waals surface area contributed by atoms with E-state index in [0.29, 0.717) is 35.0 Å². The molecule has 4 aliphatic carbocycles. The van der Waals surface area contributed by atoms with Crippen LogP contribution < -0.4 is 4.74 Å². The number of para-hydroxylation sites is 1. The summed E-state index contributed by atoms with van der Waals surface area (Å²) >= 11 is 0. The maximum absolute atomic E-state index is 13.5. The van der Waals surface area contributed by atoms with Gasteiger partial charge in [0.1, 0.15) is 11.9 Å². The molecule has 8 unspecified atom stereocenters. The lowest BCUT2D eigenvalue weighted by atomic mass is 9.68. The van der Waals surface area contributed by atoms with Gasteiger partial charge < -0.3 is 9.47 Å². The Hall–Kier alpha value is -3.40. The summed E-state index contributed by atoms with van der Waals surface area (Å²) in [5.41, 5.74) is 0.529. The van der Waals surface area contributed by atoms with E-state index in [9.17, 15) is 9.59 Å². The quantitative estimate of drug-likeness (QED) is 0.222. The van der Waals surface area contributed by atoms with Crippen molar-refractivity contribution < 1.29 is 19.1 Å². The van der Waals surface area contributed by atoms with Gasteiger partial charge in [0.15, 0.2) is 0 Å². The van der Waals surface area contributed by atoms with Gasteiger partial charge in [0.05, 0.1) is 11.5 Å². The largest absolute Gasteiger partial charge is 0.458 e. The third-order valence-corrected chi connectivity index (χ3v) is 8.82. The van der Waals surface area contributed by atoms with Gasteiger partial charge in [0.25, 0.3) is 0 Å². The Morgan fingerprint density at radius 2 is 1.44 bits per heavy atom. The van der Waals surface area contributed by atoms with Gasteiger partial charge in [-0.1, -0.05) is 60.7 Å². The first kappa shape index (κ1) is 20.0. The van der Waals surface area contributed by atoms with Crippen molar-refractivity contribution in [2.24, 2.45) is 41.4 Å². The van der Waals surface area contributed by atoms with Crippen LogP contribution in [0.25, 0.3) is 10.8 Å². The molecule has 0 spiro atoms. The van der Waals surface area contributed by atoms with Gasteiger partial charge in [-0.2, -0.15) is 0 Å². The fraction of sp³-hybridized carbons (Fsp3) is 0.333. The number of carbonyl (C=O) groups excluding carboxylic acids is 2. The average Bonchev–Trinajstić information content (AvgIpc) is 3.64. The predicted molar refractivity (Wildman–Crippen MR) is 128 cm³/mol. The first-order valence-corrected chi connectivity index (χ1v) is 12.3. The molecule has 0 saturated heterocycles. The van der Waals surface area contributed by atoms with Crippen molar-refractivity contribution in [3.63, 3.8) is 0 Å². The average molecular weight is 451 g/mol. The lowest BCUT2D eigenvalue weighted by Gasteiger charge is -2.40. The van der Waals surface area contributed by atoms with E-state index in [0.717, 1.165) is 17.2 Å². The van der Waals surface area contributed by atoms with Crippen LogP contribution in [-0.2, 0) is 9.53 Å². The Morgan fingerprint density at radius 1 is 0.735 bits per heavy atom. The zero-order valence-corrected chi connectivity index (χ0v) is 18.7. The molecule has 3 aromatic carbocycles. The lowest BCUT2D eigenvalue weighted by Crippen LogP contribution is -2.46. The van der Waals surface area contributed by atoms with Crippen LogP contribution in [0.3, 0.4) is 0 Å². The smallest absolute Gasteiger partial charge is 0.338 e. The van der Waals surface area contributed by atoms with Crippen LogP contribution in [-0.4, -0.2) is 18.0 Å². The number of benzene rings is 3. The Labute approximate surface area is 198 Å². The van der Waals surface area contributed by atoms with Crippen molar-refractivity contribution in [1.29, 1.82) is 0 Å². The second kappa shape index (κ2) is 7.56. The number of esters is 2. The van der Waals surface area contributed by atoms with Crippen molar-refractivity contribution in [3.8, 4) is 5.75 Å². The van der Waals surface area contributed by atoms with E-state index in [-0.39, 0.29) is 23.8 Å². The zero-order chi connectivity index (χ0) is 22.8. The van der Waals surface area contributed by atoms with Crippen LogP contribution in [0.1, 0.15) is 23.2 Å².